The summed E-state index contributed by atoms with van der Waals surface area (Å²) in [5.41, 5.74) is 0.859. The van der Waals surface area contributed by atoms with Crippen LogP contribution >= 0.6 is 11.3 Å². The Hall–Kier alpha value is -1.99. The molecular formula is C17H18F2N2O2S. The van der Waals surface area contributed by atoms with Gasteiger partial charge in [-0.3, -0.25) is 4.79 Å². The summed E-state index contributed by atoms with van der Waals surface area (Å²) >= 11 is 1.37. The highest BCUT2D eigenvalue weighted by molar-refractivity contribution is 7.17. The molecule has 1 aliphatic rings. The fraction of sp³-hybridized carbons (Fsp3) is 0.353. The van der Waals surface area contributed by atoms with Crippen molar-refractivity contribution in [1.29, 1.82) is 0 Å². The number of halogens is 2. The number of hydrogen-bond acceptors (Lipinski definition) is 4. The Kier molecular flexibility index (Phi) is 5.42. The zero-order valence-corrected chi connectivity index (χ0v) is 13.7. The van der Waals surface area contributed by atoms with E-state index in [1.54, 1.807) is 18.2 Å². The van der Waals surface area contributed by atoms with Gasteiger partial charge in [-0.05, 0) is 61.3 Å². The molecule has 128 valence electrons. The molecule has 7 heteroatoms. The molecule has 2 heterocycles. The van der Waals surface area contributed by atoms with Gasteiger partial charge < -0.3 is 15.4 Å². The molecule has 24 heavy (non-hydrogen) atoms. The third kappa shape index (κ3) is 4.30. The van der Waals surface area contributed by atoms with Crippen LogP contribution in [0.15, 0.2) is 36.4 Å². The van der Waals surface area contributed by atoms with Gasteiger partial charge >= 0.3 is 6.61 Å². The zero-order chi connectivity index (χ0) is 16.9. The van der Waals surface area contributed by atoms with Crippen LogP contribution in [0.3, 0.4) is 0 Å². The van der Waals surface area contributed by atoms with Gasteiger partial charge in [-0.25, -0.2) is 0 Å². The van der Waals surface area contributed by atoms with Gasteiger partial charge in [0.2, 0.25) is 0 Å². The summed E-state index contributed by atoms with van der Waals surface area (Å²) in [5, 5.41) is 6.28. The smallest absolute Gasteiger partial charge is 0.387 e. The second-order valence-corrected chi connectivity index (χ2v) is 6.65. The second kappa shape index (κ2) is 7.72. The first-order valence-corrected chi connectivity index (χ1v) is 8.60. The Labute approximate surface area is 142 Å². The summed E-state index contributed by atoms with van der Waals surface area (Å²) in [4.78, 5) is 13.7. The minimum absolute atomic E-state index is 0.0856. The SMILES string of the molecule is O=C(NCC1CCCN1)c1ccc(-c2ccc(OC(F)F)cc2)s1. The number of benzene rings is 1. The van der Waals surface area contributed by atoms with Crippen molar-refractivity contribution in [2.45, 2.75) is 25.5 Å². The number of rotatable bonds is 6. The second-order valence-electron chi connectivity index (χ2n) is 5.57. The Morgan fingerprint density at radius 1 is 1.29 bits per heavy atom. The van der Waals surface area contributed by atoms with E-state index in [-0.39, 0.29) is 11.7 Å². The van der Waals surface area contributed by atoms with Crippen LogP contribution < -0.4 is 15.4 Å². The highest BCUT2D eigenvalue weighted by Crippen LogP contribution is 2.29. The first-order chi connectivity index (χ1) is 11.6. The highest BCUT2D eigenvalue weighted by atomic mass is 32.1. The van der Waals surface area contributed by atoms with E-state index in [0.29, 0.717) is 17.5 Å². The molecule has 0 saturated carbocycles. The zero-order valence-electron chi connectivity index (χ0n) is 12.9. The molecular weight excluding hydrogens is 334 g/mol. The van der Waals surface area contributed by atoms with Crippen LogP contribution in [0.5, 0.6) is 5.75 Å². The lowest BCUT2D eigenvalue weighted by atomic mass is 10.2. The Morgan fingerprint density at radius 3 is 2.75 bits per heavy atom. The van der Waals surface area contributed by atoms with Crippen LogP contribution in [-0.4, -0.2) is 31.7 Å². The number of nitrogens with one attached hydrogen (secondary N) is 2. The fourth-order valence-corrected chi connectivity index (χ4v) is 3.58. The topological polar surface area (TPSA) is 50.4 Å². The van der Waals surface area contributed by atoms with Gasteiger partial charge in [0.25, 0.3) is 5.91 Å². The van der Waals surface area contributed by atoms with E-state index in [9.17, 15) is 13.6 Å². The largest absolute Gasteiger partial charge is 0.435 e. The molecule has 1 aromatic carbocycles. The maximum atomic E-state index is 12.2. The van der Waals surface area contributed by atoms with Crippen LogP contribution in [0, 0.1) is 0 Å². The maximum absolute atomic E-state index is 12.2. The number of thiophene rings is 1. The predicted octanol–water partition coefficient (Wildman–Crippen LogP) is 3.50. The third-order valence-corrected chi connectivity index (χ3v) is 5.00. The maximum Gasteiger partial charge on any atom is 0.387 e. The Bertz CT molecular complexity index is 682. The lowest BCUT2D eigenvalue weighted by molar-refractivity contribution is -0.0498. The van der Waals surface area contributed by atoms with Crippen molar-refractivity contribution in [1.82, 2.24) is 10.6 Å². The minimum Gasteiger partial charge on any atom is -0.435 e. The van der Waals surface area contributed by atoms with E-state index in [1.165, 1.54) is 23.5 Å². The molecule has 3 rings (SSSR count). The standard InChI is InChI=1S/C17H18F2N2O2S/c18-17(19)23-13-5-3-11(4-6-13)14-7-8-15(24-14)16(22)21-10-12-2-1-9-20-12/h3-8,12,17,20H,1-2,9-10H2,(H,21,22). The van der Waals surface area contributed by atoms with E-state index >= 15 is 0 Å². The highest BCUT2D eigenvalue weighted by Gasteiger charge is 2.16. The molecule has 1 unspecified atom stereocenters. The van der Waals surface area contributed by atoms with Crippen LogP contribution in [0.1, 0.15) is 22.5 Å². The molecule has 1 atom stereocenters. The van der Waals surface area contributed by atoms with Crippen molar-refractivity contribution >= 4 is 17.2 Å². The Balaban J connectivity index is 1.60. The number of alkyl halides is 2. The van der Waals surface area contributed by atoms with Gasteiger partial charge in [0.05, 0.1) is 4.88 Å². The molecule has 4 nitrogen and oxygen atoms in total. The molecule has 1 fully saturated rings. The quantitative estimate of drug-likeness (QED) is 0.837. The monoisotopic (exact) mass is 352 g/mol. The van der Waals surface area contributed by atoms with Crippen molar-refractivity contribution < 1.29 is 18.3 Å². The van der Waals surface area contributed by atoms with E-state index in [0.717, 1.165) is 29.8 Å². The van der Waals surface area contributed by atoms with Crippen molar-refractivity contribution in [3.63, 3.8) is 0 Å². The van der Waals surface area contributed by atoms with Crippen molar-refractivity contribution in [2.24, 2.45) is 0 Å². The number of amides is 1. The summed E-state index contributed by atoms with van der Waals surface area (Å²) in [6.07, 6.45) is 2.23. The molecule has 1 aliphatic heterocycles. The predicted molar refractivity (Wildman–Crippen MR) is 89.7 cm³/mol. The molecule has 0 bridgehead atoms. The van der Waals surface area contributed by atoms with E-state index in [2.05, 4.69) is 15.4 Å². The number of carbonyl (C=O) groups is 1. The average molecular weight is 352 g/mol. The molecule has 1 aromatic heterocycles. The lowest BCUT2D eigenvalue weighted by Gasteiger charge is -2.10. The van der Waals surface area contributed by atoms with Crippen LogP contribution in [-0.2, 0) is 0 Å². The lowest BCUT2D eigenvalue weighted by Crippen LogP contribution is -2.36. The summed E-state index contributed by atoms with van der Waals surface area (Å²) in [5.74, 6) is 0.0324. The molecule has 0 aliphatic carbocycles. The van der Waals surface area contributed by atoms with E-state index < -0.39 is 6.61 Å². The molecule has 0 spiro atoms. The van der Waals surface area contributed by atoms with Gasteiger partial charge in [0.15, 0.2) is 0 Å². The normalized spacial score (nSPS) is 17.2. The molecule has 0 radical (unpaired) electrons. The Morgan fingerprint density at radius 2 is 2.08 bits per heavy atom. The van der Waals surface area contributed by atoms with Gasteiger partial charge in [-0.15, -0.1) is 11.3 Å². The van der Waals surface area contributed by atoms with Crippen molar-refractivity contribution in [3.05, 3.63) is 41.3 Å². The number of carbonyl (C=O) groups excluding carboxylic acids is 1. The number of hydrogen-bond donors (Lipinski definition) is 2. The van der Waals surface area contributed by atoms with E-state index in [1.807, 2.05) is 6.07 Å². The molecule has 1 amide bonds. The summed E-state index contributed by atoms with van der Waals surface area (Å²) < 4.78 is 28.6. The van der Waals surface area contributed by atoms with Gasteiger partial charge in [-0.2, -0.15) is 8.78 Å². The van der Waals surface area contributed by atoms with Crippen molar-refractivity contribution in [2.75, 3.05) is 13.1 Å². The minimum atomic E-state index is -2.83. The average Bonchev–Trinajstić information content (AvgIpc) is 3.24. The number of ether oxygens (including phenoxy) is 1. The van der Waals surface area contributed by atoms with Gasteiger partial charge in [0.1, 0.15) is 5.75 Å². The molecule has 1 saturated heterocycles. The van der Waals surface area contributed by atoms with Crippen LogP contribution in [0.25, 0.3) is 10.4 Å². The first-order valence-electron chi connectivity index (χ1n) is 7.78. The molecule has 2 aromatic rings. The summed E-state index contributed by atoms with van der Waals surface area (Å²) in [7, 11) is 0. The summed E-state index contributed by atoms with van der Waals surface area (Å²) in [6.45, 7) is -1.19. The van der Waals surface area contributed by atoms with Gasteiger partial charge in [-0.1, -0.05) is 0 Å². The third-order valence-electron chi connectivity index (χ3n) is 3.87. The molecule has 2 N–H and O–H groups in total. The fourth-order valence-electron chi connectivity index (χ4n) is 2.65. The van der Waals surface area contributed by atoms with Gasteiger partial charge in [0, 0.05) is 17.5 Å². The van der Waals surface area contributed by atoms with Crippen LogP contribution in [0.2, 0.25) is 0 Å². The first kappa shape index (κ1) is 16.9. The van der Waals surface area contributed by atoms with Crippen molar-refractivity contribution in [3.8, 4) is 16.2 Å². The van der Waals surface area contributed by atoms with E-state index in [4.69, 9.17) is 0 Å². The summed E-state index contributed by atoms with van der Waals surface area (Å²) in [6, 6.07) is 10.4. The van der Waals surface area contributed by atoms with Crippen LogP contribution in [0.4, 0.5) is 8.78 Å².